The van der Waals surface area contributed by atoms with Gasteiger partial charge in [-0.2, -0.15) is 5.26 Å². The molecule has 0 aromatic carbocycles. The molecular formula is C12H13N3O3. The Hall–Kier alpha value is -2.42. The highest BCUT2D eigenvalue weighted by molar-refractivity contribution is 5.95. The van der Waals surface area contributed by atoms with Gasteiger partial charge in [-0.05, 0) is 25.5 Å². The van der Waals surface area contributed by atoms with Crippen molar-refractivity contribution >= 4 is 11.9 Å². The predicted molar refractivity (Wildman–Crippen MR) is 62.9 cm³/mol. The van der Waals surface area contributed by atoms with Gasteiger partial charge in [-0.25, -0.2) is 9.78 Å². The maximum absolute atomic E-state index is 11.8. The standard InChI is InChI=1S/C12H13N3O3/c1-3-9(12(17)18)15-11(16)10-5-4-8(6-13)7(2)14-10/h4-5,9H,3H2,1-2H3,(H,15,16)(H,17,18)/t9-/m1/s1. The van der Waals surface area contributed by atoms with Gasteiger partial charge in [-0.1, -0.05) is 6.92 Å². The summed E-state index contributed by atoms with van der Waals surface area (Å²) < 4.78 is 0. The van der Waals surface area contributed by atoms with Crippen LogP contribution < -0.4 is 5.32 Å². The summed E-state index contributed by atoms with van der Waals surface area (Å²) in [6, 6.07) is 3.89. The van der Waals surface area contributed by atoms with Crippen molar-refractivity contribution in [2.75, 3.05) is 0 Å². The van der Waals surface area contributed by atoms with Crippen LogP contribution in [-0.2, 0) is 4.79 Å². The molecule has 6 nitrogen and oxygen atoms in total. The van der Waals surface area contributed by atoms with Gasteiger partial charge in [0.15, 0.2) is 0 Å². The SMILES string of the molecule is CC[C@@H](NC(=O)c1ccc(C#N)c(C)n1)C(=O)O. The number of carboxylic acids is 1. The van der Waals surface area contributed by atoms with E-state index in [2.05, 4.69) is 10.3 Å². The molecule has 0 radical (unpaired) electrons. The minimum absolute atomic E-state index is 0.103. The van der Waals surface area contributed by atoms with Crippen LogP contribution in [0.25, 0.3) is 0 Å². The van der Waals surface area contributed by atoms with Crippen molar-refractivity contribution in [3.63, 3.8) is 0 Å². The fraction of sp³-hybridized carbons (Fsp3) is 0.333. The molecule has 1 rings (SSSR count). The Morgan fingerprint density at radius 3 is 2.67 bits per heavy atom. The Labute approximate surface area is 104 Å². The molecule has 0 aliphatic carbocycles. The van der Waals surface area contributed by atoms with Crippen molar-refractivity contribution in [2.45, 2.75) is 26.3 Å². The summed E-state index contributed by atoms with van der Waals surface area (Å²) in [5.41, 5.74) is 0.927. The number of aryl methyl sites for hydroxylation is 1. The lowest BCUT2D eigenvalue weighted by atomic mass is 10.2. The maximum Gasteiger partial charge on any atom is 0.326 e. The number of aliphatic carboxylic acids is 1. The summed E-state index contributed by atoms with van der Waals surface area (Å²) in [6.07, 6.45) is 0.288. The molecule has 0 aliphatic heterocycles. The second-order valence-electron chi connectivity index (χ2n) is 3.71. The maximum atomic E-state index is 11.8. The van der Waals surface area contributed by atoms with Crippen LogP contribution in [0.4, 0.5) is 0 Å². The fourth-order valence-corrected chi connectivity index (χ4v) is 1.38. The van der Waals surface area contributed by atoms with Gasteiger partial charge in [0, 0.05) is 0 Å². The zero-order chi connectivity index (χ0) is 13.7. The molecule has 0 bridgehead atoms. The Morgan fingerprint density at radius 1 is 1.56 bits per heavy atom. The number of nitriles is 1. The lowest BCUT2D eigenvalue weighted by Gasteiger charge is -2.12. The molecule has 0 aliphatic rings. The highest BCUT2D eigenvalue weighted by atomic mass is 16.4. The highest BCUT2D eigenvalue weighted by Crippen LogP contribution is 2.06. The highest BCUT2D eigenvalue weighted by Gasteiger charge is 2.19. The number of amides is 1. The van der Waals surface area contributed by atoms with Crippen LogP contribution >= 0.6 is 0 Å². The molecule has 18 heavy (non-hydrogen) atoms. The minimum atomic E-state index is -1.09. The summed E-state index contributed by atoms with van der Waals surface area (Å²) in [7, 11) is 0. The fourth-order valence-electron chi connectivity index (χ4n) is 1.38. The summed E-state index contributed by atoms with van der Waals surface area (Å²) in [6.45, 7) is 3.28. The molecule has 0 saturated carbocycles. The molecule has 0 fully saturated rings. The zero-order valence-corrected chi connectivity index (χ0v) is 10.1. The first-order valence-corrected chi connectivity index (χ1v) is 5.41. The van der Waals surface area contributed by atoms with Crippen LogP contribution in [0.2, 0.25) is 0 Å². The molecule has 1 heterocycles. The topological polar surface area (TPSA) is 103 Å². The minimum Gasteiger partial charge on any atom is -0.480 e. The molecule has 1 aromatic heterocycles. The van der Waals surface area contributed by atoms with Gasteiger partial charge in [-0.3, -0.25) is 4.79 Å². The quantitative estimate of drug-likeness (QED) is 0.821. The van der Waals surface area contributed by atoms with E-state index in [-0.39, 0.29) is 12.1 Å². The number of carbonyl (C=O) groups is 2. The number of hydrogen-bond acceptors (Lipinski definition) is 4. The smallest absolute Gasteiger partial charge is 0.326 e. The lowest BCUT2D eigenvalue weighted by Crippen LogP contribution is -2.40. The van der Waals surface area contributed by atoms with Crippen LogP contribution in [-0.4, -0.2) is 28.0 Å². The van der Waals surface area contributed by atoms with Crippen molar-refractivity contribution in [3.05, 3.63) is 29.1 Å². The van der Waals surface area contributed by atoms with Gasteiger partial charge < -0.3 is 10.4 Å². The monoisotopic (exact) mass is 247 g/mol. The van der Waals surface area contributed by atoms with Crippen molar-refractivity contribution in [2.24, 2.45) is 0 Å². The van der Waals surface area contributed by atoms with Crippen molar-refractivity contribution in [3.8, 4) is 6.07 Å². The molecule has 6 heteroatoms. The molecular weight excluding hydrogens is 234 g/mol. The summed E-state index contributed by atoms with van der Waals surface area (Å²) >= 11 is 0. The summed E-state index contributed by atoms with van der Waals surface area (Å²) in [5, 5.41) is 19.9. The molecule has 1 aromatic rings. The van der Waals surface area contributed by atoms with E-state index < -0.39 is 17.9 Å². The molecule has 1 atom stereocenters. The van der Waals surface area contributed by atoms with E-state index in [0.29, 0.717) is 11.3 Å². The van der Waals surface area contributed by atoms with Gasteiger partial charge in [0.1, 0.15) is 17.8 Å². The van der Waals surface area contributed by atoms with Crippen LogP contribution in [0.15, 0.2) is 12.1 Å². The van der Waals surface area contributed by atoms with Gasteiger partial charge >= 0.3 is 5.97 Å². The first-order chi connectivity index (χ1) is 8.49. The second kappa shape index (κ2) is 5.77. The Kier molecular flexibility index (Phi) is 4.38. The van der Waals surface area contributed by atoms with Crippen molar-refractivity contribution in [1.82, 2.24) is 10.3 Å². The average molecular weight is 247 g/mol. The Bertz CT molecular complexity index is 520. The molecule has 0 spiro atoms. The normalized spacial score (nSPS) is 11.4. The molecule has 1 amide bonds. The summed E-state index contributed by atoms with van der Waals surface area (Å²) in [4.78, 5) is 26.5. The third-order valence-corrected chi connectivity index (χ3v) is 2.45. The Morgan fingerprint density at radius 2 is 2.22 bits per heavy atom. The van der Waals surface area contributed by atoms with Gasteiger partial charge in [0.2, 0.25) is 0 Å². The van der Waals surface area contributed by atoms with Crippen molar-refractivity contribution in [1.29, 1.82) is 5.26 Å². The number of nitrogens with zero attached hydrogens (tertiary/aromatic N) is 2. The number of carbonyl (C=O) groups excluding carboxylic acids is 1. The van der Waals surface area contributed by atoms with E-state index in [1.807, 2.05) is 6.07 Å². The number of nitrogens with one attached hydrogen (secondary N) is 1. The first-order valence-electron chi connectivity index (χ1n) is 5.41. The van der Waals surface area contributed by atoms with Crippen LogP contribution in [0.1, 0.15) is 35.1 Å². The van der Waals surface area contributed by atoms with E-state index in [4.69, 9.17) is 10.4 Å². The first kappa shape index (κ1) is 13.6. The summed E-state index contributed by atoms with van der Waals surface area (Å²) in [5.74, 6) is -1.65. The Balaban J connectivity index is 2.89. The second-order valence-corrected chi connectivity index (χ2v) is 3.71. The molecule has 0 unspecified atom stereocenters. The van der Waals surface area contributed by atoms with E-state index in [9.17, 15) is 9.59 Å². The molecule has 0 saturated heterocycles. The lowest BCUT2D eigenvalue weighted by molar-refractivity contribution is -0.139. The number of pyridine rings is 1. The molecule has 2 N–H and O–H groups in total. The van der Waals surface area contributed by atoms with Crippen molar-refractivity contribution < 1.29 is 14.7 Å². The molecule has 94 valence electrons. The number of rotatable bonds is 4. The number of aromatic nitrogens is 1. The van der Waals surface area contributed by atoms with Crippen LogP contribution in [0.3, 0.4) is 0 Å². The van der Waals surface area contributed by atoms with Gasteiger partial charge in [-0.15, -0.1) is 0 Å². The average Bonchev–Trinajstić information content (AvgIpc) is 2.35. The van der Waals surface area contributed by atoms with Crippen LogP contribution in [0, 0.1) is 18.3 Å². The van der Waals surface area contributed by atoms with E-state index in [1.165, 1.54) is 12.1 Å². The largest absolute Gasteiger partial charge is 0.480 e. The van der Waals surface area contributed by atoms with Gasteiger partial charge in [0.05, 0.1) is 11.3 Å². The number of carboxylic acid groups (broad SMARTS) is 1. The van der Waals surface area contributed by atoms with E-state index in [1.54, 1.807) is 13.8 Å². The third kappa shape index (κ3) is 3.04. The third-order valence-electron chi connectivity index (χ3n) is 2.45. The number of hydrogen-bond donors (Lipinski definition) is 2. The van der Waals surface area contributed by atoms with Crippen LogP contribution in [0.5, 0.6) is 0 Å². The van der Waals surface area contributed by atoms with Gasteiger partial charge in [0.25, 0.3) is 5.91 Å². The predicted octanol–water partition coefficient (Wildman–Crippen LogP) is 0.855. The van der Waals surface area contributed by atoms with E-state index in [0.717, 1.165) is 0 Å². The van der Waals surface area contributed by atoms with E-state index >= 15 is 0 Å². The zero-order valence-electron chi connectivity index (χ0n) is 10.1.